The lowest BCUT2D eigenvalue weighted by Gasteiger charge is -2.25. The summed E-state index contributed by atoms with van der Waals surface area (Å²) >= 11 is 0. The first-order chi connectivity index (χ1) is 7.39. The molecule has 0 saturated heterocycles. The standard InChI is InChI=1S/C11H23NO3S/c1-9(2)8-16(14,15)12-7-10-3-5-11(13)6-4-10/h9-13H,3-8H2,1-2H3. The SMILES string of the molecule is CC(C)CS(=O)(=O)NCC1CCC(O)CC1. The number of nitrogens with one attached hydrogen (secondary N) is 1. The van der Waals surface area contributed by atoms with Gasteiger partial charge in [0.25, 0.3) is 0 Å². The Labute approximate surface area is 98.5 Å². The van der Waals surface area contributed by atoms with Gasteiger partial charge in [0.1, 0.15) is 0 Å². The summed E-state index contributed by atoms with van der Waals surface area (Å²) in [5, 5.41) is 9.34. The van der Waals surface area contributed by atoms with Gasteiger partial charge in [0.2, 0.25) is 10.0 Å². The van der Waals surface area contributed by atoms with Crippen LogP contribution in [0.3, 0.4) is 0 Å². The lowest BCUT2D eigenvalue weighted by atomic mass is 9.88. The average molecular weight is 249 g/mol. The van der Waals surface area contributed by atoms with E-state index >= 15 is 0 Å². The van der Waals surface area contributed by atoms with E-state index in [0.717, 1.165) is 25.7 Å². The van der Waals surface area contributed by atoms with E-state index in [9.17, 15) is 13.5 Å². The van der Waals surface area contributed by atoms with Crippen molar-refractivity contribution in [2.75, 3.05) is 12.3 Å². The third-order valence-corrected chi connectivity index (χ3v) is 4.67. The third kappa shape index (κ3) is 5.27. The Kier molecular flexibility index (Phi) is 5.21. The van der Waals surface area contributed by atoms with Gasteiger partial charge in [-0.05, 0) is 37.5 Å². The summed E-state index contributed by atoms with van der Waals surface area (Å²) in [4.78, 5) is 0. The minimum atomic E-state index is -3.11. The lowest BCUT2D eigenvalue weighted by molar-refractivity contribution is 0.109. The van der Waals surface area contributed by atoms with Crippen molar-refractivity contribution in [3.63, 3.8) is 0 Å². The van der Waals surface area contributed by atoms with Crippen LogP contribution in [-0.4, -0.2) is 31.9 Å². The number of aliphatic hydroxyl groups excluding tert-OH is 1. The first-order valence-corrected chi connectivity index (χ1v) is 7.69. The van der Waals surface area contributed by atoms with E-state index < -0.39 is 10.0 Å². The highest BCUT2D eigenvalue weighted by Gasteiger charge is 2.21. The van der Waals surface area contributed by atoms with Crippen LogP contribution in [-0.2, 0) is 10.0 Å². The van der Waals surface area contributed by atoms with Gasteiger partial charge in [0.05, 0.1) is 11.9 Å². The molecule has 0 aliphatic heterocycles. The quantitative estimate of drug-likeness (QED) is 0.767. The van der Waals surface area contributed by atoms with Crippen LogP contribution >= 0.6 is 0 Å². The fourth-order valence-corrected chi connectivity index (χ4v) is 3.58. The molecule has 0 spiro atoms. The van der Waals surface area contributed by atoms with Gasteiger partial charge in [0, 0.05) is 6.54 Å². The summed E-state index contributed by atoms with van der Waals surface area (Å²) in [5.74, 6) is 0.749. The van der Waals surface area contributed by atoms with E-state index in [1.807, 2.05) is 13.8 Å². The molecule has 2 N–H and O–H groups in total. The second-order valence-electron chi connectivity index (χ2n) is 5.20. The molecule has 0 unspecified atom stereocenters. The van der Waals surface area contributed by atoms with Gasteiger partial charge in [-0.25, -0.2) is 13.1 Å². The summed E-state index contributed by atoms with van der Waals surface area (Å²) < 4.78 is 25.8. The number of sulfonamides is 1. The molecule has 1 fully saturated rings. The second kappa shape index (κ2) is 5.98. The van der Waals surface area contributed by atoms with Crippen molar-refractivity contribution in [1.29, 1.82) is 0 Å². The summed E-state index contributed by atoms with van der Waals surface area (Å²) in [6.45, 7) is 4.33. The van der Waals surface area contributed by atoms with Crippen molar-refractivity contribution in [1.82, 2.24) is 4.72 Å². The smallest absolute Gasteiger partial charge is 0.211 e. The molecule has 0 aromatic heterocycles. The molecule has 0 amide bonds. The van der Waals surface area contributed by atoms with Gasteiger partial charge in [0.15, 0.2) is 0 Å². The number of hydrogen-bond acceptors (Lipinski definition) is 3. The third-order valence-electron chi connectivity index (χ3n) is 2.96. The Morgan fingerprint density at radius 1 is 1.25 bits per heavy atom. The molecule has 1 aliphatic rings. The maximum atomic E-state index is 11.6. The van der Waals surface area contributed by atoms with Crippen LogP contribution in [0.15, 0.2) is 0 Å². The molecule has 96 valence electrons. The van der Waals surface area contributed by atoms with E-state index in [4.69, 9.17) is 0 Å². The monoisotopic (exact) mass is 249 g/mol. The minimum Gasteiger partial charge on any atom is -0.393 e. The topological polar surface area (TPSA) is 66.4 Å². The second-order valence-corrected chi connectivity index (χ2v) is 7.05. The van der Waals surface area contributed by atoms with E-state index in [0.29, 0.717) is 12.5 Å². The van der Waals surface area contributed by atoms with Crippen LogP contribution in [0.1, 0.15) is 39.5 Å². The van der Waals surface area contributed by atoms with Gasteiger partial charge in [-0.3, -0.25) is 0 Å². The summed E-state index contributed by atoms with van der Waals surface area (Å²) in [6.07, 6.45) is 3.27. The zero-order valence-corrected chi connectivity index (χ0v) is 11.0. The van der Waals surface area contributed by atoms with Gasteiger partial charge in [-0.2, -0.15) is 0 Å². The zero-order valence-electron chi connectivity index (χ0n) is 10.1. The van der Waals surface area contributed by atoms with Crippen molar-refractivity contribution in [3.8, 4) is 0 Å². The van der Waals surface area contributed by atoms with E-state index in [1.165, 1.54) is 0 Å². The maximum Gasteiger partial charge on any atom is 0.211 e. The maximum absolute atomic E-state index is 11.6. The fourth-order valence-electron chi connectivity index (χ4n) is 2.09. The minimum absolute atomic E-state index is 0.158. The average Bonchev–Trinajstić information content (AvgIpc) is 2.15. The van der Waals surface area contributed by atoms with Gasteiger partial charge in [-0.15, -0.1) is 0 Å². The van der Waals surface area contributed by atoms with Gasteiger partial charge in [-0.1, -0.05) is 13.8 Å². The van der Waals surface area contributed by atoms with E-state index in [1.54, 1.807) is 0 Å². The molecule has 0 radical (unpaired) electrons. The Morgan fingerprint density at radius 2 is 1.81 bits per heavy atom. The molecule has 16 heavy (non-hydrogen) atoms. The summed E-state index contributed by atoms with van der Waals surface area (Å²) in [6, 6.07) is 0. The van der Waals surface area contributed by atoms with Crippen LogP contribution in [0.4, 0.5) is 0 Å². The van der Waals surface area contributed by atoms with E-state index in [-0.39, 0.29) is 17.8 Å². The summed E-state index contributed by atoms with van der Waals surface area (Å²) in [5.41, 5.74) is 0. The van der Waals surface area contributed by atoms with Crippen LogP contribution in [0.2, 0.25) is 0 Å². The van der Waals surface area contributed by atoms with Crippen molar-refractivity contribution >= 4 is 10.0 Å². The predicted octanol–water partition coefficient (Wildman–Crippen LogP) is 1.11. The molecule has 0 bridgehead atoms. The largest absolute Gasteiger partial charge is 0.393 e. The first kappa shape index (κ1) is 13.9. The summed E-state index contributed by atoms with van der Waals surface area (Å²) in [7, 11) is -3.11. The van der Waals surface area contributed by atoms with Crippen LogP contribution in [0, 0.1) is 11.8 Å². The van der Waals surface area contributed by atoms with Crippen molar-refractivity contribution < 1.29 is 13.5 Å². The molecule has 1 saturated carbocycles. The molecular formula is C11H23NO3S. The predicted molar refractivity (Wildman–Crippen MR) is 64.6 cm³/mol. The van der Waals surface area contributed by atoms with Gasteiger partial charge < -0.3 is 5.11 Å². The normalized spacial score (nSPS) is 27.2. The molecule has 4 nitrogen and oxygen atoms in total. The van der Waals surface area contributed by atoms with Gasteiger partial charge >= 0.3 is 0 Å². The van der Waals surface area contributed by atoms with Crippen LogP contribution < -0.4 is 4.72 Å². The molecule has 0 aromatic rings. The van der Waals surface area contributed by atoms with Crippen molar-refractivity contribution in [2.45, 2.75) is 45.6 Å². The number of rotatable bonds is 5. The number of aliphatic hydroxyl groups is 1. The van der Waals surface area contributed by atoms with E-state index in [2.05, 4.69) is 4.72 Å². The molecule has 0 heterocycles. The molecule has 5 heteroatoms. The highest BCUT2D eigenvalue weighted by molar-refractivity contribution is 7.89. The lowest BCUT2D eigenvalue weighted by Crippen LogP contribution is -2.34. The Bertz CT molecular complexity index is 292. The molecule has 1 aliphatic carbocycles. The van der Waals surface area contributed by atoms with Crippen molar-refractivity contribution in [3.05, 3.63) is 0 Å². The molecule has 0 atom stereocenters. The zero-order chi connectivity index (χ0) is 12.2. The Balaban J connectivity index is 2.29. The van der Waals surface area contributed by atoms with Crippen molar-refractivity contribution in [2.24, 2.45) is 11.8 Å². The Morgan fingerprint density at radius 3 is 2.31 bits per heavy atom. The molecule has 0 aromatic carbocycles. The Hall–Kier alpha value is -0.130. The highest BCUT2D eigenvalue weighted by atomic mass is 32.2. The van der Waals surface area contributed by atoms with Crippen LogP contribution in [0.25, 0.3) is 0 Å². The number of hydrogen-bond donors (Lipinski definition) is 2. The fraction of sp³-hybridized carbons (Fsp3) is 1.00. The molecular weight excluding hydrogens is 226 g/mol. The molecule has 1 rings (SSSR count). The highest BCUT2D eigenvalue weighted by Crippen LogP contribution is 2.23. The first-order valence-electron chi connectivity index (χ1n) is 6.04. The van der Waals surface area contributed by atoms with Crippen LogP contribution in [0.5, 0.6) is 0 Å².